The quantitative estimate of drug-likeness (QED) is 0.572. The fourth-order valence-corrected chi connectivity index (χ4v) is 4.47. The van der Waals surface area contributed by atoms with Gasteiger partial charge in [-0.15, -0.1) is 11.3 Å². The summed E-state index contributed by atoms with van der Waals surface area (Å²) in [7, 11) is 3.19. The van der Waals surface area contributed by atoms with Gasteiger partial charge in [-0.25, -0.2) is 14.3 Å². The smallest absolute Gasteiger partial charge is 0.332 e. The minimum absolute atomic E-state index is 0.0352. The molecule has 11 heteroatoms. The zero-order valence-electron chi connectivity index (χ0n) is 17.0. The van der Waals surface area contributed by atoms with Crippen LogP contribution in [-0.2, 0) is 25.4 Å². The van der Waals surface area contributed by atoms with Gasteiger partial charge in [0.15, 0.2) is 11.2 Å². The Morgan fingerprint density at radius 2 is 1.73 bits per heavy atom. The number of nitrogens with zero attached hydrogens (tertiary/aromatic N) is 6. The molecule has 0 saturated carbocycles. The van der Waals surface area contributed by atoms with Crippen molar-refractivity contribution in [3.8, 4) is 0 Å². The summed E-state index contributed by atoms with van der Waals surface area (Å²) >= 11 is 1.45. The Bertz CT molecular complexity index is 1260. The van der Waals surface area contributed by atoms with Crippen molar-refractivity contribution in [2.75, 3.05) is 26.2 Å². The number of aromatic nitrogens is 4. The molecule has 3 aromatic heterocycles. The van der Waals surface area contributed by atoms with Crippen LogP contribution in [0.15, 0.2) is 28.0 Å². The van der Waals surface area contributed by atoms with Gasteiger partial charge in [0.25, 0.3) is 11.5 Å². The number of aryl methyl sites for hydroxylation is 3. The van der Waals surface area contributed by atoms with Gasteiger partial charge in [0.2, 0.25) is 5.91 Å². The number of carbonyl (C=O) groups excluding carboxylic acids is 2. The molecule has 0 bridgehead atoms. The van der Waals surface area contributed by atoms with Crippen molar-refractivity contribution >= 4 is 34.3 Å². The number of imidazole rings is 1. The summed E-state index contributed by atoms with van der Waals surface area (Å²) < 4.78 is 3.75. The molecule has 0 aliphatic carbocycles. The van der Waals surface area contributed by atoms with Crippen molar-refractivity contribution in [1.29, 1.82) is 0 Å². The molecule has 158 valence electrons. The lowest BCUT2D eigenvalue weighted by Gasteiger charge is -2.34. The standard InChI is InChI=1S/C19H22N6O4S/c1-12-4-5-13(30-12)17(27)24-8-6-23(7-9-24)14(26)10-25-18(28)15-16(20-11-21(15)2)22(3)19(25)29/h4-5,11H,6-10H2,1-3H3. The summed E-state index contributed by atoms with van der Waals surface area (Å²) in [6.45, 7) is 3.15. The molecule has 0 atom stereocenters. The first kappa shape index (κ1) is 20.1. The number of fused-ring (bicyclic) bond motifs is 1. The topological polar surface area (TPSA) is 102 Å². The molecular weight excluding hydrogens is 408 g/mol. The van der Waals surface area contributed by atoms with Crippen molar-refractivity contribution in [2.24, 2.45) is 14.1 Å². The highest BCUT2D eigenvalue weighted by Gasteiger charge is 2.26. The second-order valence-corrected chi connectivity index (χ2v) is 8.63. The number of piperazine rings is 1. The summed E-state index contributed by atoms with van der Waals surface area (Å²) in [6.07, 6.45) is 1.46. The van der Waals surface area contributed by atoms with Gasteiger partial charge in [-0.1, -0.05) is 0 Å². The average molecular weight is 430 g/mol. The average Bonchev–Trinajstić information content (AvgIpc) is 3.35. The van der Waals surface area contributed by atoms with Crippen molar-refractivity contribution in [3.63, 3.8) is 0 Å². The Labute approximate surface area is 175 Å². The van der Waals surface area contributed by atoms with E-state index in [1.807, 2.05) is 19.1 Å². The van der Waals surface area contributed by atoms with E-state index in [-0.39, 0.29) is 29.5 Å². The molecule has 10 nitrogen and oxygen atoms in total. The van der Waals surface area contributed by atoms with Crippen LogP contribution in [-0.4, -0.2) is 66.5 Å². The van der Waals surface area contributed by atoms with E-state index in [1.165, 1.54) is 33.8 Å². The summed E-state index contributed by atoms with van der Waals surface area (Å²) in [6, 6.07) is 3.73. The van der Waals surface area contributed by atoms with Crippen LogP contribution in [0.3, 0.4) is 0 Å². The second kappa shape index (κ2) is 7.56. The van der Waals surface area contributed by atoms with Crippen LogP contribution in [0.2, 0.25) is 0 Å². The first-order valence-corrected chi connectivity index (χ1v) is 10.3. The molecular formula is C19H22N6O4S. The van der Waals surface area contributed by atoms with Gasteiger partial charge >= 0.3 is 5.69 Å². The lowest BCUT2D eigenvalue weighted by atomic mass is 10.3. The van der Waals surface area contributed by atoms with Gasteiger partial charge in [0, 0.05) is 45.2 Å². The van der Waals surface area contributed by atoms with E-state index in [0.29, 0.717) is 31.1 Å². The summed E-state index contributed by atoms with van der Waals surface area (Å²) in [5, 5.41) is 0. The minimum atomic E-state index is -0.582. The third-order valence-electron chi connectivity index (χ3n) is 5.37. The van der Waals surface area contributed by atoms with Crippen LogP contribution in [0.5, 0.6) is 0 Å². The first-order valence-electron chi connectivity index (χ1n) is 9.52. The Kier molecular flexibility index (Phi) is 5.06. The molecule has 0 N–H and O–H groups in total. The van der Waals surface area contributed by atoms with E-state index in [4.69, 9.17) is 0 Å². The summed E-state index contributed by atoms with van der Waals surface area (Å²) in [5.41, 5.74) is -0.566. The fraction of sp³-hybridized carbons (Fsp3) is 0.421. The molecule has 1 aliphatic heterocycles. The summed E-state index contributed by atoms with van der Waals surface area (Å²) in [4.78, 5) is 59.9. The number of amides is 2. The molecule has 2 amide bonds. The summed E-state index contributed by atoms with van der Waals surface area (Å²) in [5.74, 6) is -0.360. The molecule has 3 aromatic rings. The third-order valence-corrected chi connectivity index (χ3v) is 6.35. The van der Waals surface area contributed by atoms with Crippen LogP contribution >= 0.6 is 11.3 Å². The SMILES string of the molecule is Cc1ccc(C(=O)N2CCN(C(=O)Cn3c(=O)c4c(ncn4C)n(C)c3=O)CC2)s1. The Morgan fingerprint density at radius 1 is 1.07 bits per heavy atom. The molecule has 4 heterocycles. The maximum atomic E-state index is 12.8. The molecule has 1 saturated heterocycles. The van der Waals surface area contributed by atoms with Gasteiger partial charge in [-0.05, 0) is 19.1 Å². The maximum absolute atomic E-state index is 12.8. The van der Waals surface area contributed by atoms with E-state index in [9.17, 15) is 19.2 Å². The van der Waals surface area contributed by atoms with E-state index < -0.39 is 11.2 Å². The van der Waals surface area contributed by atoms with Gasteiger partial charge < -0.3 is 14.4 Å². The van der Waals surface area contributed by atoms with Crippen molar-refractivity contribution in [1.82, 2.24) is 28.5 Å². The Hall–Kier alpha value is -3.21. The molecule has 0 radical (unpaired) electrons. The minimum Gasteiger partial charge on any atom is -0.338 e. The van der Waals surface area contributed by atoms with Crippen molar-refractivity contribution in [3.05, 3.63) is 49.1 Å². The van der Waals surface area contributed by atoms with E-state index in [0.717, 1.165) is 9.44 Å². The Balaban J connectivity index is 1.48. The number of hydrogen-bond acceptors (Lipinski definition) is 6. The van der Waals surface area contributed by atoms with E-state index in [2.05, 4.69) is 4.98 Å². The number of thiophene rings is 1. The third kappa shape index (κ3) is 3.34. The van der Waals surface area contributed by atoms with Crippen LogP contribution in [0, 0.1) is 6.92 Å². The maximum Gasteiger partial charge on any atom is 0.332 e. The van der Waals surface area contributed by atoms with Gasteiger partial charge in [0.1, 0.15) is 6.54 Å². The van der Waals surface area contributed by atoms with E-state index >= 15 is 0 Å². The van der Waals surface area contributed by atoms with Crippen LogP contribution in [0.1, 0.15) is 14.5 Å². The van der Waals surface area contributed by atoms with Crippen LogP contribution in [0.4, 0.5) is 0 Å². The number of hydrogen-bond donors (Lipinski definition) is 0. The lowest BCUT2D eigenvalue weighted by molar-refractivity contribution is -0.133. The molecule has 1 fully saturated rings. The lowest BCUT2D eigenvalue weighted by Crippen LogP contribution is -2.52. The molecule has 1 aliphatic rings. The van der Waals surface area contributed by atoms with Crippen molar-refractivity contribution in [2.45, 2.75) is 13.5 Å². The molecule has 0 unspecified atom stereocenters. The zero-order chi connectivity index (χ0) is 21.6. The molecule has 30 heavy (non-hydrogen) atoms. The largest absolute Gasteiger partial charge is 0.338 e. The number of carbonyl (C=O) groups is 2. The zero-order valence-corrected chi connectivity index (χ0v) is 17.8. The predicted molar refractivity (Wildman–Crippen MR) is 112 cm³/mol. The van der Waals surface area contributed by atoms with Gasteiger partial charge in [-0.3, -0.25) is 19.0 Å². The molecule has 0 aromatic carbocycles. The highest BCUT2D eigenvalue weighted by Crippen LogP contribution is 2.18. The Morgan fingerprint density at radius 3 is 2.37 bits per heavy atom. The molecule has 0 spiro atoms. The predicted octanol–water partition coefficient (Wildman–Crippen LogP) is -0.212. The monoisotopic (exact) mass is 430 g/mol. The molecule has 4 rings (SSSR count). The highest BCUT2D eigenvalue weighted by atomic mass is 32.1. The fourth-order valence-electron chi connectivity index (χ4n) is 3.64. The highest BCUT2D eigenvalue weighted by molar-refractivity contribution is 7.13. The van der Waals surface area contributed by atoms with Crippen LogP contribution in [0.25, 0.3) is 11.2 Å². The first-order chi connectivity index (χ1) is 14.3. The van der Waals surface area contributed by atoms with Crippen molar-refractivity contribution < 1.29 is 9.59 Å². The van der Waals surface area contributed by atoms with Gasteiger partial charge in [0.05, 0.1) is 11.2 Å². The van der Waals surface area contributed by atoms with Crippen LogP contribution < -0.4 is 11.2 Å². The number of rotatable bonds is 3. The van der Waals surface area contributed by atoms with Gasteiger partial charge in [-0.2, -0.15) is 0 Å². The second-order valence-electron chi connectivity index (χ2n) is 7.34. The normalized spacial score (nSPS) is 14.5. The van der Waals surface area contributed by atoms with E-state index in [1.54, 1.807) is 16.8 Å².